The Morgan fingerprint density at radius 1 is 0.882 bits per heavy atom. The molecule has 0 unspecified atom stereocenters. The molecule has 34 heavy (non-hydrogen) atoms. The average Bonchev–Trinajstić information content (AvgIpc) is 3.15. The molecule has 0 fully saturated rings. The zero-order chi connectivity index (χ0) is 25.9. The fourth-order valence-electron chi connectivity index (χ4n) is 2.44. The minimum atomic E-state index is -4.63. The number of rotatable bonds is 9. The van der Waals surface area contributed by atoms with Crippen LogP contribution in [0.1, 0.15) is 62.4 Å². The van der Waals surface area contributed by atoms with E-state index in [4.69, 9.17) is 24.3 Å². The van der Waals surface area contributed by atoms with E-state index in [-0.39, 0.29) is 11.3 Å². The summed E-state index contributed by atoms with van der Waals surface area (Å²) in [6.45, 7) is 7.98. The normalized spacial score (nSPS) is 12.4. The number of amides is 1. The van der Waals surface area contributed by atoms with Gasteiger partial charge in [-0.25, -0.2) is 0 Å². The number of aromatic amines is 1. The number of aromatic nitrogens is 1. The van der Waals surface area contributed by atoms with Gasteiger partial charge in [0.2, 0.25) is 13.6 Å². The van der Waals surface area contributed by atoms with Crippen LogP contribution in [0.5, 0.6) is 0 Å². The van der Waals surface area contributed by atoms with E-state index < -0.39 is 55.4 Å². The molecule has 3 N–H and O–H groups in total. The Morgan fingerprint density at radius 2 is 1.38 bits per heavy atom. The first-order valence-electron chi connectivity index (χ1n) is 10.3. The number of H-pyrrole nitrogens is 1. The highest BCUT2D eigenvalue weighted by Crippen LogP contribution is 2.51. The van der Waals surface area contributed by atoms with Crippen molar-refractivity contribution in [3.8, 4) is 0 Å². The summed E-state index contributed by atoms with van der Waals surface area (Å²) in [7, 11) is -4.63. The van der Waals surface area contributed by atoms with Crippen LogP contribution in [0.4, 0.5) is 0 Å². The van der Waals surface area contributed by atoms with Gasteiger partial charge < -0.3 is 20.2 Å². The van der Waals surface area contributed by atoms with Crippen LogP contribution in [0.25, 0.3) is 10.9 Å². The van der Waals surface area contributed by atoms with Crippen molar-refractivity contribution in [3.05, 3.63) is 35.5 Å². The van der Waals surface area contributed by atoms with E-state index in [2.05, 4.69) is 4.98 Å². The lowest BCUT2D eigenvalue weighted by molar-refractivity contribution is -0.161. The van der Waals surface area contributed by atoms with E-state index >= 15 is 0 Å². The molecule has 12 heteroatoms. The van der Waals surface area contributed by atoms with Gasteiger partial charge in [0.15, 0.2) is 0 Å². The van der Waals surface area contributed by atoms with Gasteiger partial charge in [-0.05, 0) is 65.8 Å². The molecule has 0 spiro atoms. The van der Waals surface area contributed by atoms with Crippen LogP contribution < -0.4 is 5.73 Å². The maximum atomic E-state index is 13.4. The van der Waals surface area contributed by atoms with Crippen molar-refractivity contribution in [2.75, 3.05) is 13.6 Å². The number of primary amides is 1. The summed E-state index contributed by atoms with van der Waals surface area (Å²) in [6.07, 6.45) is 0. The molecular formula is C22H29N2O9P. The molecular weight excluding hydrogens is 467 g/mol. The van der Waals surface area contributed by atoms with Gasteiger partial charge >= 0.3 is 19.5 Å². The van der Waals surface area contributed by atoms with Crippen molar-refractivity contribution >= 4 is 41.9 Å². The topological polar surface area (TPSA) is 164 Å². The lowest BCUT2D eigenvalue weighted by atomic mass is 9.98. The number of benzene rings is 1. The molecule has 0 aliphatic rings. The maximum Gasteiger partial charge on any atom is 0.407 e. The van der Waals surface area contributed by atoms with Crippen molar-refractivity contribution in [2.24, 2.45) is 16.6 Å². The number of carbonyl (C=O) groups excluding carboxylic acids is 4. The Bertz CT molecular complexity index is 1120. The molecule has 186 valence electrons. The summed E-state index contributed by atoms with van der Waals surface area (Å²) >= 11 is 0. The number of fused-ring (bicyclic) bond motifs is 1. The predicted molar refractivity (Wildman–Crippen MR) is 122 cm³/mol. The highest BCUT2D eigenvalue weighted by Gasteiger charge is 2.38. The predicted octanol–water partition coefficient (Wildman–Crippen LogP) is 3.73. The highest BCUT2D eigenvalue weighted by molar-refractivity contribution is 7.72. The lowest BCUT2D eigenvalue weighted by Crippen LogP contribution is -2.25. The number of nitrogens with one attached hydrogen (secondary N) is 1. The van der Waals surface area contributed by atoms with Crippen LogP contribution >= 0.6 is 7.60 Å². The standard InChI is InChI=1S/C22H29N2O9P/c1-21(2,3)19(27)30-11-32-34(29,33-12-31-20(28)22(4,5)6)18(26)13-7-8-15-14(9-13)10-16(24-15)17(23)25/h7-10,24H,11-12H2,1-6H3,(H2,23,25). The van der Waals surface area contributed by atoms with Gasteiger partial charge in [-0.3, -0.25) is 32.8 Å². The first-order chi connectivity index (χ1) is 15.5. The second kappa shape index (κ2) is 10.1. The molecule has 0 saturated heterocycles. The fourth-order valence-corrected chi connectivity index (χ4v) is 3.59. The first kappa shape index (κ1) is 27.2. The van der Waals surface area contributed by atoms with Gasteiger partial charge in [-0.15, -0.1) is 0 Å². The summed E-state index contributed by atoms with van der Waals surface area (Å²) in [6, 6.07) is 5.62. The second-order valence-electron chi connectivity index (χ2n) is 9.51. The molecule has 2 aromatic rings. The minimum Gasteiger partial charge on any atom is -0.438 e. The second-order valence-corrected chi connectivity index (χ2v) is 11.4. The van der Waals surface area contributed by atoms with Crippen molar-refractivity contribution in [1.82, 2.24) is 4.98 Å². The maximum absolute atomic E-state index is 13.4. The van der Waals surface area contributed by atoms with Crippen molar-refractivity contribution in [3.63, 3.8) is 0 Å². The summed E-state index contributed by atoms with van der Waals surface area (Å²) < 4.78 is 33.5. The van der Waals surface area contributed by atoms with Crippen LogP contribution in [-0.4, -0.2) is 41.9 Å². The van der Waals surface area contributed by atoms with Crippen LogP contribution in [0, 0.1) is 10.8 Å². The number of nitrogens with two attached hydrogens (primary N) is 1. The van der Waals surface area contributed by atoms with Crippen LogP contribution in [0.3, 0.4) is 0 Å². The smallest absolute Gasteiger partial charge is 0.407 e. The van der Waals surface area contributed by atoms with E-state index in [9.17, 15) is 23.7 Å². The Kier molecular flexibility index (Phi) is 8.08. The highest BCUT2D eigenvalue weighted by atomic mass is 31.2. The number of esters is 2. The SMILES string of the molecule is CC(C)(C)C(=O)OCOP(=O)(OCOC(=O)C(C)(C)C)C(=O)c1ccc2[nH]c(C(N)=O)cc2c1. The third kappa shape index (κ3) is 6.75. The summed E-state index contributed by atoms with van der Waals surface area (Å²) in [5, 5.41) is 0.449. The lowest BCUT2D eigenvalue weighted by Gasteiger charge is -2.21. The minimum absolute atomic E-state index is 0.0739. The molecule has 1 heterocycles. The van der Waals surface area contributed by atoms with Gasteiger partial charge in [0.05, 0.1) is 10.8 Å². The van der Waals surface area contributed by atoms with E-state index in [1.54, 1.807) is 41.5 Å². The van der Waals surface area contributed by atoms with Gasteiger partial charge in [-0.2, -0.15) is 0 Å². The zero-order valence-electron chi connectivity index (χ0n) is 19.9. The number of hydrogen-bond acceptors (Lipinski definition) is 9. The van der Waals surface area contributed by atoms with Gasteiger partial charge in [0.1, 0.15) is 5.69 Å². The van der Waals surface area contributed by atoms with E-state index in [1.165, 1.54) is 24.3 Å². The van der Waals surface area contributed by atoms with Crippen molar-refractivity contribution in [1.29, 1.82) is 0 Å². The Morgan fingerprint density at radius 3 is 1.82 bits per heavy atom. The van der Waals surface area contributed by atoms with Crippen LogP contribution in [0.2, 0.25) is 0 Å². The number of hydrogen-bond donors (Lipinski definition) is 2. The molecule has 1 aromatic carbocycles. The molecule has 0 aliphatic carbocycles. The molecule has 1 amide bonds. The summed E-state index contributed by atoms with van der Waals surface area (Å²) in [4.78, 5) is 51.2. The molecule has 0 aliphatic heterocycles. The molecule has 2 rings (SSSR count). The third-order valence-corrected chi connectivity index (χ3v) is 6.08. The molecule has 0 saturated carbocycles. The quantitative estimate of drug-likeness (QED) is 0.299. The molecule has 1 aromatic heterocycles. The van der Waals surface area contributed by atoms with Crippen LogP contribution in [0.15, 0.2) is 24.3 Å². The van der Waals surface area contributed by atoms with Crippen molar-refractivity contribution in [2.45, 2.75) is 41.5 Å². The van der Waals surface area contributed by atoms with Crippen LogP contribution in [-0.2, 0) is 32.7 Å². The third-order valence-electron chi connectivity index (χ3n) is 4.43. The Balaban J connectivity index is 2.27. The monoisotopic (exact) mass is 496 g/mol. The van der Waals surface area contributed by atoms with Gasteiger partial charge in [0, 0.05) is 16.5 Å². The van der Waals surface area contributed by atoms with E-state index in [0.29, 0.717) is 10.9 Å². The van der Waals surface area contributed by atoms with Crippen molar-refractivity contribution < 1.29 is 42.3 Å². The Labute approximate surface area is 196 Å². The van der Waals surface area contributed by atoms with Gasteiger partial charge in [-0.1, -0.05) is 0 Å². The largest absolute Gasteiger partial charge is 0.438 e. The molecule has 0 atom stereocenters. The average molecular weight is 496 g/mol. The molecule has 11 nitrogen and oxygen atoms in total. The fraction of sp³-hybridized carbons (Fsp3) is 0.455. The van der Waals surface area contributed by atoms with E-state index in [1.807, 2.05) is 0 Å². The summed E-state index contributed by atoms with van der Waals surface area (Å²) in [5.74, 6) is -2.00. The number of ether oxygens (including phenoxy) is 2. The van der Waals surface area contributed by atoms with Gasteiger partial charge in [0.25, 0.3) is 11.4 Å². The molecule has 0 radical (unpaired) electrons. The first-order valence-corrected chi connectivity index (χ1v) is 11.8. The zero-order valence-corrected chi connectivity index (χ0v) is 20.8. The number of carbonyl (C=O) groups is 4. The Hall–Kier alpha value is -3.01. The molecule has 0 bridgehead atoms. The summed E-state index contributed by atoms with van der Waals surface area (Å²) in [5.41, 5.74) is 3.04. The van der Waals surface area contributed by atoms with E-state index in [0.717, 1.165) is 0 Å².